The predicted molar refractivity (Wildman–Crippen MR) is 47.7 cm³/mol. The summed E-state index contributed by atoms with van der Waals surface area (Å²) in [5, 5.41) is 8.09. The van der Waals surface area contributed by atoms with Crippen molar-refractivity contribution in [3.8, 4) is 0 Å². The van der Waals surface area contributed by atoms with E-state index in [4.69, 9.17) is 16.7 Å². The van der Waals surface area contributed by atoms with Crippen LogP contribution in [0, 0.1) is 5.92 Å². The number of carboxylic acid groups (broad SMARTS) is 1. The van der Waals surface area contributed by atoms with Crippen LogP contribution in [0.15, 0.2) is 0 Å². The van der Waals surface area contributed by atoms with Gasteiger partial charge in [0.1, 0.15) is 5.60 Å². The van der Waals surface area contributed by atoms with Crippen LogP contribution >= 0.6 is 11.6 Å². The Balaban J connectivity index is 4.28. The molecule has 0 aliphatic rings. The van der Waals surface area contributed by atoms with Crippen molar-refractivity contribution in [2.45, 2.75) is 38.7 Å². The molecule has 0 saturated carbocycles. The molecule has 72 valence electrons. The summed E-state index contributed by atoms with van der Waals surface area (Å²) in [6.45, 7) is 7.17. The fourth-order valence-corrected chi connectivity index (χ4v) is 1.13. The van der Waals surface area contributed by atoms with Gasteiger partial charge in [-0.05, 0) is 19.8 Å². The molecular weight excluding hydrogens is 180 g/mol. The first-order valence-corrected chi connectivity index (χ1v) is 4.27. The van der Waals surface area contributed by atoms with Crippen LogP contribution in [0.3, 0.4) is 0 Å². The molecule has 0 bridgehead atoms. The number of carbonyl (C=O) groups is 1. The van der Waals surface area contributed by atoms with Gasteiger partial charge in [-0.2, -0.15) is 0 Å². The molecule has 0 radical (unpaired) electrons. The van der Waals surface area contributed by atoms with Crippen LogP contribution in [0.1, 0.15) is 27.7 Å². The third-order valence-corrected chi connectivity index (χ3v) is 2.63. The number of ether oxygens (including phenoxy) is 1. The number of hydrogen-bond donors (Lipinski definition) is 1. The number of hydrogen-bond acceptors (Lipinski definition) is 2. The van der Waals surface area contributed by atoms with E-state index in [9.17, 15) is 4.79 Å². The lowest BCUT2D eigenvalue weighted by Gasteiger charge is -2.30. The van der Waals surface area contributed by atoms with Crippen LogP contribution in [0.25, 0.3) is 0 Å². The molecule has 0 heterocycles. The molecule has 0 aromatic carbocycles. The van der Waals surface area contributed by atoms with Gasteiger partial charge in [-0.1, -0.05) is 13.8 Å². The van der Waals surface area contributed by atoms with E-state index in [0.29, 0.717) is 0 Å². The van der Waals surface area contributed by atoms with Crippen molar-refractivity contribution in [2.24, 2.45) is 5.92 Å². The maximum atomic E-state index is 10.3. The number of alkyl halides is 1. The average Bonchev–Trinajstić information content (AvgIpc) is 1.82. The molecule has 0 rings (SSSR count). The highest BCUT2D eigenvalue weighted by molar-refractivity contribution is 6.21. The maximum Gasteiger partial charge on any atom is 0.506 e. The van der Waals surface area contributed by atoms with Gasteiger partial charge < -0.3 is 9.84 Å². The first-order valence-electron chi connectivity index (χ1n) is 3.83. The van der Waals surface area contributed by atoms with Crippen LogP contribution in [0.5, 0.6) is 0 Å². The molecule has 0 spiro atoms. The molecule has 1 N–H and O–H groups in total. The van der Waals surface area contributed by atoms with E-state index in [-0.39, 0.29) is 11.3 Å². The largest absolute Gasteiger partial charge is 0.506 e. The first-order chi connectivity index (χ1) is 5.27. The second kappa shape index (κ2) is 3.99. The van der Waals surface area contributed by atoms with Crippen molar-refractivity contribution < 1.29 is 14.6 Å². The van der Waals surface area contributed by atoms with E-state index in [1.165, 1.54) is 0 Å². The Morgan fingerprint density at radius 3 is 2.17 bits per heavy atom. The molecule has 4 heteroatoms. The summed E-state index contributed by atoms with van der Waals surface area (Å²) in [6, 6.07) is 0. The van der Waals surface area contributed by atoms with Gasteiger partial charge in [0.05, 0.1) is 5.38 Å². The van der Waals surface area contributed by atoms with Gasteiger partial charge in [0, 0.05) is 0 Å². The van der Waals surface area contributed by atoms with E-state index in [1.807, 2.05) is 13.8 Å². The minimum atomic E-state index is -1.29. The molecule has 0 aromatic rings. The molecule has 0 aliphatic heterocycles. The van der Waals surface area contributed by atoms with Crippen LogP contribution < -0.4 is 0 Å². The van der Waals surface area contributed by atoms with Crippen molar-refractivity contribution in [3.05, 3.63) is 0 Å². The summed E-state index contributed by atoms with van der Waals surface area (Å²) in [7, 11) is 0. The summed E-state index contributed by atoms with van der Waals surface area (Å²) in [6.07, 6.45) is -1.29. The second-order valence-corrected chi connectivity index (χ2v) is 4.09. The first kappa shape index (κ1) is 11.6. The molecule has 1 atom stereocenters. The SMILES string of the molecule is CC(C)C(Cl)C(C)(C)OC(=O)O. The average molecular weight is 195 g/mol. The fourth-order valence-electron chi connectivity index (χ4n) is 1.08. The van der Waals surface area contributed by atoms with Gasteiger partial charge in [-0.15, -0.1) is 11.6 Å². The lowest BCUT2D eigenvalue weighted by molar-refractivity contribution is -0.00477. The Morgan fingerprint density at radius 2 is 1.92 bits per heavy atom. The van der Waals surface area contributed by atoms with E-state index in [1.54, 1.807) is 13.8 Å². The Morgan fingerprint density at radius 1 is 1.50 bits per heavy atom. The van der Waals surface area contributed by atoms with Gasteiger partial charge in [-0.25, -0.2) is 4.79 Å². The summed E-state index contributed by atoms with van der Waals surface area (Å²) >= 11 is 5.96. The smallest absolute Gasteiger partial charge is 0.450 e. The lowest BCUT2D eigenvalue weighted by atomic mass is 9.95. The second-order valence-electron chi connectivity index (χ2n) is 3.62. The minimum absolute atomic E-state index is 0.181. The molecule has 0 aromatic heterocycles. The summed E-state index contributed by atoms with van der Waals surface area (Å²) < 4.78 is 4.65. The van der Waals surface area contributed by atoms with E-state index in [0.717, 1.165) is 0 Å². The van der Waals surface area contributed by atoms with Gasteiger partial charge in [0.15, 0.2) is 0 Å². The van der Waals surface area contributed by atoms with E-state index in [2.05, 4.69) is 4.74 Å². The monoisotopic (exact) mass is 194 g/mol. The van der Waals surface area contributed by atoms with Crippen molar-refractivity contribution in [2.75, 3.05) is 0 Å². The molecule has 3 nitrogen and oxygen atoms in total. The Hall–Kier alpha value is -0.440. The number of halogens is 1. The molecule has 0 amide bonds. The van der Waals surface area contributed by atoms with E-state index >= 15 is 0 Å². The van der Waals surface area contributed by atoms with Gasteiger partial charge in [0.2, 0.25) is 0 Å². The fraction of sp³-hybridized carbons (Fsp3) is 0.875. The van der Waals surface area contributed by atoms with Crippen molar-refractivity contribution >= 4 is 17.8 Å². The van der Waals surface area contributed by atoms with Crippen molar-refractivity contribution in [3.63, 3.8) is 0 Å². The zero-order valence-corrected chi connectivity index (χ0v) is 8.55. The molecule has 0 fully saturated rings. The normalized spacial score (nSPS) is 14.5. The van der Waals surface area contributed by atoms with Gasteiger partial charge in [-0.3, -0.25) is 0 Å². The van der Waals surface area contributed by atoms with Crippen LogP contribution in [0.2, 0.25) is 0 Å². The molecule has 1 unspecified atom stereocenters. The summed E-state index contributed by atoms with van der Waals surface area (Å²) in [5.41, 5.74) is -0.832. The summed E-state index contributed by atoms with van der Waals surface area (Å²) in [5.74, 6) is 0.181. The van der Waals surface area contributed by atoms with Gasteiger partial charge >= 0.3 is 6.16 Å². The Kier molecular flexibility index (Phi) is 3.84. The quantitative estimate of drug-likeness (QED) is 0.555. The summed E-state index contributed by atoms with van der Waals surface area (Å²) in [4.78, 5) is 10.3. The topological polar surface area (TPSA) is 46.5 Å². The van der Waals surface area contributed by atoms with Crippen LogP contribution in [0.4, 0.5) is 4.79 Å². The van der Waals surface area contributed by atoms with Crippen LogP contribution in [-0.2, 0) is 4.74 Å². The van der Waals surface area contributed by atoms with E-state index < -0.39 is 11.8 Å². The maximum absolute atomic E-state index is 10.3. The Labute approximate surface area is 77.7 Å². The minimum Gasteiger partial charge on any atom is -0.450 e. The third kappa shape index (κ3) is 3.30. The molecule has 0 aliphatic carbocycles. The van der Waals surface area contributed by atoms with Gasteiger partial charge in [0.25, 0.3) is 0 Å². The standard InChI is InChI=1S/C8H15ClO3/c1-5(2)6(9)8(3,4)12-7(10)11/h5-6H,1-4H3,(H,10,11). The highest BCUT2D eigenvalue weighted by Gasteiger charge is 2.33. The molecular formula is C8H15ClO3. The lowest BCUT2D eigenvalue weighted by Crippen LogP contribution is -2.40. The zero-order valence-electron chi connectivity index (χ0n) is 7.80. The molecule has 0 saturated heterocycles. The molecule has 12 heavy (non-hydrogen) atoms. The third-order valence-electron chi connectivity index (χ3n) is 1.60. The van der Waals surface area contributed by atoms with Crippen molar-refractivity contribution in [1.82, 2.24) is 0 Å². The number of rotatable bonds is 3. The van der Waals surface area contributed by atoms with Crippen LogP contribution in [-0.4, -0.2) is 22.2 Å². The highest BCUT2D eigenvalue weighted by atomic mass is 35.5. The Bertz CT molecular complexity index is 166. The zero-order chi connectivity index (χ0) is 9.94. The van der Waals surface area contributed by atoms with Crippen molar-refractivity contribution in [1.29, 1.82) is 0 Å². The predicted octanol–water partition coefficient (Wildman–Crippen LogP) is 2.72. The highest BCUT2D eigenvalue weighted by Crippen LogP contribution is 2.26.